The number of rotatable bonds is 2. The van der Waals surface area contributed by atoms with Gasteiger partial charge in [-0.1, -0.05) is 0 Å². The number of aromatic carboxylic acids is 1. The van der Waals surface area contributed by atoms with Crippen LogP contribution in [0.4, 0.5) is 0 Å². The van der Waals surface area contributed by atoms with Gasteiger partial charge in [0.25, 0.3) is 10.1 Å². The van der Waals surface area contributed by atoms with E-state index in [4.69, 9.17) is 9.66 Å². The van der Waals surface area contributed by atoms with Crippen molar-refractivity contribution in [3.63, 3.8) is 0 Å². The van der Waals surface area contributed by atoms with Crippen molar-refractivity contribution in [2.24, 2.45) is 0 Å². The summed E-state index contributed by atoms with van der Waals surface area (Å²) in [4.78, 5) is 10.0. The number of carboxylic acid groups (broad SMARTS) is 1. The van der Waals surface area contributed by atoms with Gasteiger partial charge < -0.3 is 32.1 Å². The predicted molar refractivity (Wildman–Crippen MR) is 64.1 cm³/mol. The Morgan fingerprint density at radius 2 is 1.53 bits per heavy atom. The van der Waals surface area contributed by atoms with Crippen LogP contribution in [0.15, 0.2) is 17.0 Å². The van der Waals surface area contributed by atoms with E-state index in [1.807, 2.05) is 0 Å². The van der Waals surface area contributed by atoms with Gasteiger partial charge in [-0.3, -0.25) is 4.55 Å². The summed E-state index contributed by atoms with van der Waals surface area (Å²) < 4.78 is 30.4. The molecule has 0 heterocycles. The molecule has 0 bridgehead atoms. The average molecular weight is 304 g/mol. The van der Waals surface area contributed by atoms with Crippen LogP contribution in [0.1, 0.15) is 15.9 Å². The third kappa shape index (κ3) is 5.60. The maximum absolute atomic E-state index is 10.8. The molecule has 0 spiro atoms. The molecule has 0 fully saturated rings. The SMILES string of the molecule is Cc1cc(O)c(C(=O)O)cc1S(=O)(=O)O.O.O.O.O. The second-order valence-electron chi connectivity index (χ2n) is 2.92. The highest BCUT2D eigenvalue weighted by molar-refractivity contribution is 7.85. The molecule has 114 valence electrons. The Hall–Kier alpha value is -1.76. The molecule has 1 aromatic carbocycles. The first-order valence-corrected chi connectivity index (χ1v) is 5.22. The van der Waals surface area contributed by atoms with Gasteiger partial charge in [0.2, 0.25) is 0 Å². The molecule has 0 aliphatic rings. The lowest BCUT2D eigenvalue weighted by Gasteiger charge is -2.05. The van der Waals surface area contributed by atoms with Crippen LogP contribution in [0.5, 0.6) is 5.75 Å². The molecule has 0 aliphatic carbocycles. The summed E-state index contributed by atoms with van der Waals surface area (Å²) in [6.45, 7) is 1.33. The van der Waals surface area contributed by atoms with Crippen LogP contribution in [-0.2, 0) is 10.1 Å². The highest BCUT2D eigenvalue weighted by atomic mass is 32.2. The van der Waals surface area contributed by atoms with Gasteiger partial charge in [-0.15, -0.1) is 0 Å². The van der Waals surface area contributed by atoms with E-state index in [1.54, 1.807) is 0 Å². The number of phenols is 1. The minimum atomic E-state index is -4.48. The van der Waals surface area contributed by atoms with Gasteiger partial charge in [-0.25, -0.2) is 4.79 Å². The van der Waals surface area contributed by atoms with Crippen LogP contribution in [0.3, 0.4) is 0 Å². The normalized spacial score (nSPS) is 8.95. The first-order chi connectivity index (χ1) is 6.73. The molecule has 0 saturated carbocycles. The van der Waals surface area contributed by atoms with E-state index in [1.165, 1.54) is 6.92 Å². The largest absolute Gasteiger partial charge is 0.507 e. The molecule has 1 aromatic rings. The Morgan fingerprint density at radius 3 is 1.84 bits per heavy atom. The zero-order valence-electron chi connectivity index (χ0n) is 9.63. The van der Waals surface area contributed by atoms with E-state index in [0.29, 0.717) is 6.07 Å². The van der Waals surface area contributed by atoms with Crippen molar-refractivity contribution in [1.29, 1.82) is 0 Å². The highest BCUT2D eigenvalue weighted by Crippen LogP contribution is 2.25. The summed E-state index contributed by atoms with van der Waals surface area (Å²) in [6.07, 6.45) is 0. The molecule has 0 aliphatic heterocycles. The Bertz CT molecular complexity index is 521. The van der Waals surface area contributed by atoms with Crippen molar-refractivity contribution in [3.8, 4) is 5.75 Å². The van der Waals surface area contributed by atoms with Gasteiger partial charge in [-0.05, 0) is 24.6 Å². The zero-order valence-corrected chi connectivity index (χ0v) is 10.4. The van der Waals surface area contributed by atoms with E-state index in [2.05, 4.69) is 0 Å². The average Bonchev–Trinajstić information content (AvgIpc) is 2.00. The number of aryl methyl sites for hydroxylation is 1. The fraction of sp³-hybridized carbons (Fsp3) is 0.125. The summed E-state index contributed by atoms with van der Waals surface area (Å²) in [7, 11) is -4.48. The Balaban J connectivity index is -0.000000281. The molecule has 0 saturated heterocycles. The second-order valence-corrected chi connectivity index (χ2v) is 4.31. The van der Waals surface area contributed by atoms with Crippen molar-refractivity contribution >= 4 is 16.1 Å². The Kier molecular flexibility index (Phi) is 11.4. The molecule has 0 atom stereocenters. The summed E-state index contributed by atoms with van der Waals surface area (Å²) in [5.41, 5.74) is -0.506. The molecule has 19 heavy (non-hydrogen) atoms. The lowest BCUT2D eigenvalue weighted by atomic mass is 10.1. The summed E-state index contributed by atoms with van der Waals surface area (Å²) >= 11 is 0. The maximum Gasteiger partial charge on any atom is 0.339 e. The van der Waals surface area contributed by atoms with E-state index in [-0.39, 0.29) is 27.5 Å². The first kappa shape index (κ1) is 25.9. The van der Waals surface area contributed by atoms with Crippen LogP contribution in [0, 0.1) is 6.92 Å². The van der Waals surface area contributed by atoms with Crippen LogP contribution < -0.4 is 0 Å². The number of benzene rings is 1. The quantitative estimate of drug-likeness (QED) is 0.492. The maximum atomic E-state index is 10.8. The molecular formula is C8H16O10S. The van der Waals surface area contributed by atoms with Gasteiger partial charge in [0.05, 0.1) is 4.90 Å². The Morgan fingerprint density at radius 1 is 1.11 bits per heavy atom. The lowest BCUT2D eigenvalue weighted by Crippen LogP contribution is -2.05. The molecule has 11 N–H and O–H groups in total. The van der Waals surface area contributed by atoms with Crippen LogP contribution in [0.25, 0.3) is 0 Å². The number of hydrogen-bond acceptors (Lipinski definition) is 4. The monoisotopic (exact) mass is 304 g/mol. The summed E-state index contributed by atoms with van der Waals surface area (Å²) in [5, 5.41) is 17.8. The van der Waals surface area contributed by atoms with Crippen LogP contribution in [0.2, 0.25) is 0 Å². The smallest absolute Gasteiger partial charge is 0.339 e. The van der Waals surface area contributed by atoms with Gasteiger partial charge in [0.15, 0.2) is 0 Å². The summed E-state index contributed by atoms with van der Waals surface area (Å²) in [5.74, 6) is -2.02. The van der Waals surface area contributed by atoms with Crippen LogP contribution in [-0.4, -0.2) is 51.1 Å². The number of carboxylic acids is 1. The molecule has 0 amide bonds. The second kappa shape index (κ2) is 8.36. The van der Waals surface area contributed by atoms with E-state index in [0.717, 1.165) is 6.07 Å². The number of aromatic hydroxyl groups is 1. The molecular weight excluding hydrogens is 288 g/mol. The minimum Gasteiger partial charge on any atom is -0.507 e. The lowest BCUT2D eigenvalue weighted by molar-refractivity contribution is 0.0693. The fourth-order valence-corrected chi connectivity index (χ4v) is 1.85. The van der Waals surface area contributed by atoms with Crippen molar-refractivity contribution in [1.82, 2.24) is 0 Å². The third-order valence-electron chi connectivity index (χ3n) is 1.80. The van der Waals surface area contributed by atoms with Crippen molar-refractivity contribution in [2.75, 3.05) is 0 Å². The van der Waals surface area contributed by atoms with Crippen molar-refractivity contribution < 1.29 is 49.9 Å². The molecule has 0 radical (unpaired) electrons. The van der Waals surface area contributed by atoms with Gasteiger partial charge in [0.1, 0.15) is 11.3 Å². The van der Waals surface area contributed by atoms with Crippen LogP contribution >= 0.6 is 0 Å². The van der Waals surface area contributed by atoms with E-state index >= 15 is 0 Å². The van der Waals surface area contributed by atoms with Crippen molar-refractivity contribution in [3.05, 3.63) is 23.3 Å². The molecule has 0 unspecified atom stereocenters. The van der Waals surface area contributed by atoms with E-state index in [9.17, 15) is 18.3 Å². The molecule has 11 heteroatoms. The Labute approximate surface area is 107 Å². The zero-order chi connectivity index (χ0) is 11.8. The van der Waals surface area contributed by atoms with Gasteiger partial charge in [-0.2, -0.15) is 8.42 Å². The molecule has 1 rings (SSSR count). The predicted octanol–water partition coefficient (Wildman–Crippen LogP) is -2.65. The van der Waals surface area contributed by atoms with Gasteiger partial charge >= 0.3 is 5.97 Å². The third-order valence-corrected chi connectivity index (χ3v) is 2.80. The number of hydrogen-bond donors (Lipinski definition) is 3. The number of carbonyl (C=O) groups is 1. The minimum absolute atomic E-state index is 0. The molecule has 10 nitrogen and oxygen atoms in total. The molecule has 0 aromatic heterocycles. The first-order valence-electron chi connectivity index (χ1n) is 3.78. The van der Waals surface area contributed by atoms with Crippen molar-refractivity contribution in [2.45, 2.75) is 11.8 Å². The highest BCUT2D eigenvalue weighted by Gasteiger charge is 2.19. The fourth-order valence-electron chi connectivity index (χ4n) is 1.12. The standard InChI is InChI=1S/C8H8O6S.4H2O/c1-4-2-6(9)5(8(10)11)3-7(4)15(12,13)14;;;;/h2-3,9H,1H3,(H,10,11)(H,12,13,14);4*1H2. The van der Waals surface area contributed by atoms with E-state index < -0.39 is 32.3 Å². The topological polar surface area (TPSA) is 238 Å². The van der Waals surface area contributed by atoms with Gasteiger partial charge in [0, 0.05) is 0 Å². The summed E-state index contributed by atoms with van der Waals surface area (Å²) in [6, 6.07) is 1.68.